The maximum atomic E-state index is 12.6. The number of methoxy groups -OCH3 is 1. The minimum atomic E-state index is -3.88. The zero-order valence-corrected chi connectivity index (χ0v) is 20.4. The maximum Gasteiger partial charge on any atom is 0.261 e. The number of sulfonamides is 2. The van der Waals surface area contributed by atoms with Crippen LogP contribution in [-0.4, -0.2) is 30.6 Å². The van der Waals surface area contributed by atoms with Crippen molar-refractivity contribution in [3.05, 3.63) is 71.2 Å². The van der Waals surface area contributed by atoms with Gasteiger partial charge in [-0.3, -0.25) is 9.44 Å². The third-order valence-corrected chi connectivity index (χ3v) is 7.66. The summed E-state index contributed by atoms with van der Waals surface area (Å²) in [5.74, 6) is 1.13. The van der Waals surface area contributed by atoms with Crippen LogP contribution in [0.15, 0.2) is 81.0 Å². The van der Waals surface area contributed by atoms with E-state index in [4.69, 9.17) is 9.47 Å². The predicted octanol–water partition coefficient (Wildman–Crippen LogP) is 4.46. The van der Waals surface area contributed by atoms with E-state index in [-0.39, 0.29) is 15.5 Å². The molecule has 0 amide bonds. The molecule has 0 bridgehead atoms. The van der Waals surface area contributed by atoms with Gasteiger partial charge in [0.1, 0.15) is 11.5 Å². The molecule has 0 aliphatic carbocycles. The highest BCUT2D eigenvalue weighted by atomic mass is 79.9. The van der Waals surface area contributed by atoms with Gasteiger partial charge in [-0.15, -0.1) is 0 Å². The molecule has 0 aliphatic heterocycles. The number of benzene rings is 3. The van der Waals surface area contributed by atoms with E-state index >= 15 is 0 Å². The largest absolute Gasteiger partial charge is 0.496 e. The van der Waals surface area contributed by atoms with E-state index in [0.29, 0.717) is 28.3 Å². The fourth-order valence-corrected chi connectivity index (χ4v) is 5.57. The summed E-state index contributed by atoms with van der Waals surface area (Å²) in [7, 11) is -6.25. The fraction of sp³-hybridized carbons (Fsp3) is 0.143. The average molecular weight is 541 g/mol. The smallest absolute Gasteiger partial charge is 0.261 e. The molecule has 3 aromatic carbocycles. The molecule has 0 spiro atoms. The molecule has 0 saturated heterocycles. The molecule has 0 atom stereocenters. The van der Waals surface area contributed by atoms with Crippen LogP contribution in [0.2, 0.25) is 0 Å². The molecular weight excluding hydrogens is 520 g/mol. The number of nitrogens with one attached hydrogen (secondary N) is 2. The summed E-state index contributed by atoms with van der Waals surface area (Å²) in [6.07, 6.45) is 0. The van der Waals surface area contributed by atoms with Crippen LogP contribution in [0.4, 0.5) is 11.4 Å². The van der Waals surface area contributed by atoms with Crippen molar-refractivity contribution in [1.29, 1.82) is 0 Å². The molecule has 0 saturated carbocycles. The summed E-state index contributed by atoms with van der Waals surface area (Å²) in [6, 6.07) is 16.3. The van der Waals surface area contributed by atoms with Crippen LogP contribution in [0.1, 0.15) is 6.92 Å². The maximum absolute atomic E-state index is 12.6. The minimum Gasteiger partial charge on any atom is -0.496 e. The van der Waals surface area contributed by atoms with Crippen molar-refractivity contribution in [1.82, 2.24) is 0 Å². The number of anilines is 2. The first-order valence-corrected chi connectivity index (χ1v) is 13.1. The highest BCUT2D eigenvalue weighted by Crippen LogP contribution is 2.28. The van der Waals surface area contributed by atoms with Gasteiger partial charge in [-0.25, -0.2) is 16.8 Å². The van der Waals surface area contributed by atoms with Crippen LogP contribution >= 0.6 is 15.9 Å². The van der Waals surface area contributed by atoms with Crippen molar-refractivity contribution in [3.8, 4) is 11.5 Å². The first kappa shape index (κ1) is 23.9. The summed E-state index contributed by atoms with van der Waals surface area (Å²) in [4.78, 5) is 0.0144. The standard InChI is InChI=1S/C21H21BrN2O6S2/c1-3-30-17-8-4-15(5-9-17)23-31(25,26)18-10-6-16(7-11-18)24-32(27,28)19-12-13-21(29-2)20(22)14-19/h4-14,23-24H,3H2,1-2H3. The van der Waals surface area contributed by atoms with Gasteiger partial charge in [0, 0.05) is 11.4 Å². The highest BCUT2D eigenvalue weighted by molar-refractivity contribution is 9.10. The Bertz CT molecular complexity index is 1290. The fourth-order valence-electron chi connectivity index (χ4n) is 2.73. The third kappa shape index (κ3) is 5.72. The van der Waals surface area contributed by atoms with Gasteiger partial charge in [0.2, 0.25) is 0 Å². The molecule has 11 heteroatoms. The first-order chi connectivity index (χ1) is 15.1. The molecule has 2 N–H and O–H groups in total. The van der Waals surface area contributed by atoms with Gasteiger partial charge in [0.05, 0.1) is 28.0 Å². The molecule has 32 heavy (non-hydrogen) atoms. The Morgan fingerprint density at radius 3 is 1.78 bits per heavy atom. The predicted molar refractivity (Wildman–Crippen MR) is 126 cm³/mol. The van der Waals surface area contributed by atoms with E-state index in [9.17, 15) is 16.8 Å². The van der Waals surface area contributed by atoms with Crippen LogP contribution in [0.25, 0.3) is 0 Å². The van der Waals surface area contributed by atoms with Gasteiger partial charge < -0.3 is 9.47 Å². The second-order valence-corrected chi connectivity index (χ2v) is 10.7. The molecule has 0 aromatic heterocycles. The van der Waals surface area contributed by atoms with E-state index in [1.54, 1.807) is 24.3 Å². The molecule has 0 radical (unpaired) electrons. The molecule has 170 valence electrons. The quantitative estimate of drug-likeness (QED) is 0.414. The minimum absolute atomic E-state index is 0.0125. The van der Waals surface area contributed by atoms with Gasteiger partial charge in [-0.05, 0) is 89.6 Å². The molecule has 0 fully saturated rings. The van der Waals surface area contributed by atoms with Crippen molar-refractivity contribution in [3.63, 3.8) is 0 Å². The van der Waals surface area contributed by atoms with Crippen molar-refractivity contribution < 1.29 is 26.3 Å². The molecule has 3 aromatic rings. The Morgan fingerprint density at radius 1 is 0.781 bits per heavy atom. The summed E-state index contributed by atoms with van der Waals surface area (Å²) >= 11 is 3.26. The second-order valence-electron chi connectivity index (χ2n) is 6.49. The van der Waals surface area contributed by atoms with Crippen LogP contribution in [0, 0.1) is 0 Å². The SMILES string of the molecule is CCOc1ccc(NS(=O)(=O)c2ccc(NS(=O)(=O)c3ccc(OC)c(Br)c3)cc2)cc1. The molecule has 0 aliphatic rings. The highest BCUT2D eigenvalue weighted by Gasteiger charge is 2.18. The normalized spacial score (nSPS) is 11.6. The van der Waals surface area contributed by atoms with Gasteiger partial charge >= 0.3 is 0 Å². The Kier molecular flexibility index (Phi) is 7.32. The lowest BCUT2D eigenvalue weighted by atomic mass is 10.3. The van der Waals surface area contributed by atoms with Gasteiger partial charge in [-0.2, -0.15) is 0 Å². The topological polar surface area (TPSA) is 111 Å². The number of ether oxygens (including phenoxy) is 2. The molecule has 8 nitrogen and oxygen atoms in total. The lowest BCUT2D eigenvalue weighted by Gasteiger charge is -2.12. The van der Waals surface area contributed by atoms with Crippen LogP contribution < -0.4 is 18.9 Å². The average Bonchev–Trinajstić information content (AvgIpc) is 2.75. The second kappa shape index (κ2) is 9.80. The zero-order chi connectivity index (χ0) is 23.4. The van der Waals surface area contributed by atoms with Crippen molar-refractivity contribution >= 4 is 47.4 Å². The van der Waals surface area contributed by atoms with Crippen molar-refractivity contribution in [2.45, 2.75) is 16.7 Å². The van der Waals surface area contributed by atoms with Crippen molar-refractivity contribution in [2.75, 3.05) is 23.2 Å². The Labute approximate surface area is 195 Å². The van der Waals surface area contributed by atoms with Gasteiger partial charge in [0.25, 0.3) is 20.0 Å². The lowest BCUT2D eigenvalue weighted by Crippen LogP contribution is -2.14. The van der Waals surface area contributed by atoms with E-state index in [2.05, 4.69) is 25.4 Å². The number of halogens is 1. The molecule has 0 heterocycles. The molecular formula is C21H21BrN2O6S2. The van der Waals surface area contributed by atoms with E-state index < -0.39 is 20.0 Å². The van der Waals surface area contributed by atoms with E-state index in [1.807, 2.05) is 6.92 Å². The van der Waals surface area contributed by atoms with Crippen LogP contribution in [-0.2, 0) is 20.0 Å². The summed E-state index contributed by atoms with van der Waals surface area (Å²) in [5, 5.41) is 0. The van der Waals surface area contributed by atoms with Crippen molar-refractivity contribution in [2.24, 2.45) is 0 Å². The first-order valence-electron chi connectivity index (χ1n) is 9.37. The summed E-state index contributed by atoms with van der Waals surface area (Å²) in [5.41, 5.74) is 0.597. The Morgan fingerprint density at radius 2 is 1.28 bits per heavy atom. The zero-order valence-electron chi connectivity index (χ0n) is 17.2. The third-order valence-electron chi connectivity index (χ3n) is 4.27. The van der Waals surface area contributed by atoms with Gasteiger partial charge in [0.15, 0.2) is 0 Å². The summed E-state index contributed by atoms with van der Waals surface area (Å²) in [6.45, 7) is 2.37. The van der Waals surface area contributed by atoms with Crippen LogP contribution in [0.5, 0.6) is 11.5 Å². The Balaban J connectivity index is 1.74. The number of rotatable bonds is 9. The van der Waals surface area contributed by atoms with E-state index in [0.717, 1.165) is 0 Å². The number of hydrogen-bond acceptors (Lipinski definition) is 6. The van der Waals surface area contributed by atoms with Gasteiger partial charge in [-0.1, -0.05) is 0 Å². The number of hydrogen-bond donors (Lipinski definition) is 2. The molecule has 3 rings (SSSR count). The molecule has 0 unspecified atom stereocenters. The Hall–Kier alpha value is -2.76. The van der Waals surface area contributed by atoms with E-state index in [1.165, 1.54) is 49.6 Å². The monoisotopic (exact) mass is 540 g/mol. The summed E-state index contributed by atoms with van der Waals surface area (Å²) < 4.78 is 66.4. The van der Waals surface area contributed by atoms with Crippen LogP contribution in [0.3, 0.4) is 0 Å². The lowest BCUT2D eigenvalue weighted by molar-refractivity contribution is 0.340.